The number of hydrogen-bond donors (Lipinski definition) is 2. The molecule has 1 aliphatic heterocycles. The van der Waals surface area contributed by atoms with Crippen molar-refractivity contribution in [3.05, 3.63) is 17.3 Å². The van der Waals surface area contributed by atoms with Crippen LogP contribution in [0.1, 0.15) is 24.3 Å². The predicted octanol–water partition coefficient (Wildman–Crippen LogP) is 1.59. The second-order valence-corrected chi connectivity index (χ2v) is 6.75. The average molecular weight is 335 g/mol. The van der Waals surface area contributed by atoms with Gasteiger partial charge in [-0.1, -0.05) is 13.8 Å². The third-order valence-electron chi connectivity index (χ3n) is 3.51. The van der Waals surface area contributed by atoms with Gasteiger partial charge in [0.2, 0.25) is 0 Å². The van der Waals surface area contributed by atoms with Crippen molar-refractivity contribution in [2.24, 2.45) is 5.92 Å². The Kier molecular flexibility index (Phi) is 4.92. The summed E-state index contributed by atoms with van der Waals surface area (Å²) >= 11 is 1.40. The van der Waals surface area contributed by atoms with Gasteiger partial charge in [-0.25, -0.2) is 4.98 Å². The molecule has 0 radical (unpaired) electrons. The summed E-state index contributed by atoms with van der Waals surface area (Å²) in [5.74, 6) is 0.265. The number of amides is 1. The van der Waals surface area contributed by atoms with Crippen molar-refractivity contribution >= 4 is 23.3 Å². The van der Waals surface area contributed by atoms with Crippen LogP contribution in [0.3, 0.4) is 0 Å². The molecule has 7 nitrogen and oxygen atoms in total. The number of piperazine rings is 1. The van der Waals surface area contributed by atoms with Crippen molar-refractivity contribution in [1.82, 2.24) is 20.6 Å². The number of nitrogens with one attached hydrogen (secondary N) is 2. The van der Waals surface area contributed by atoms with Crippen LogP contribution >= 0.6 is 11.3 Å². The molecule has 1 amide bonds. The summed E-state index contributed by atoms with van der Waals surface area (Å²) in [6, 6.07) is 0.613. The fraction of sp³-hybridized carbons (Fsp3) is 0.533. The number of oxazole rings is 1. The number of anilines is 1. The smallest absolute Gasteiger partial charge is 0.297 e. The zero-order valence-electron chi connectivity index (χ0n) is 13.3. The third-order valence-corrected chi connectivity index (χ3v) is 4.37. The summed E-state index contributed by atoms with van der Waals surface area (Å²) in [6.45, 7) is 8.36. The highest BCUT2D eigenvalue weighted by Crippen LogP contribution is 2.26. The molecule has 0 aliphatic carbocycles. The molecule has 8 heteroatoms. The summed E-state index contributed by atoms with van der Waals surface area (Å²) in [5, 5.41) is 8.61. The van der Waals surface area contributed by atoms with Gasteiger partial charge in [-0.2, -0.15) is 4.98 Å². The van der Waals surface area contributed by atoms with Crippen molar-refractivity contribution in [1.29, 1.82) is 0 Å². The quantitative estimate of drug-likeness (QED) is 0.863. The molecular weight excluding hydrogens is 314 g/mol. The minimum Gasteiger partial charge on any atom is -0.431 e. The Labute approximate surface area is 139 Å². The van der Waals surface area contributed by atoms with Crippen LogP contribution in [0.4, 0.5) is 6.01 Å². The van der Waals surface area contributed by atoms with E-state index in [0.29, 0.717) is 34.9 Å². The summed E-state index contributed by atoms with van der Waals surface area (Å²) < 4.78 is 5.56. The van der Waals surface area contributed by atoms with Crippen LogP contribution in [0.2, 0.25) is 0 Å². The highest BCUT2D eigenvalue weighted by atomic mass is 32.1. The van der Waals surface area contributed by atoms with Gasteiger partial charge in [-0.3, -0.25) is 4.79 Å². The molecule has 3 heterocycles. The molecule has 2 aromatic rings. The molecule has 0 bridgehead atoms. The van der Waals surface area contributed by atoms with Gasteiger partial charge < -0.3 is 20.0 Å². The maximum Gasteiger partial charge on any atom is 0.297 e. The summed E-state index contributed by atoms with van der Waals surface area (Å²) in [4.78, 5) is 23.0. The largest absolute Gasteiger partial charge is 0.431 e. The Bertz CT molecular complexity index is 660. The summed E-state index contributed by atoms with van der Waals surface area (Å²) in [6.07, 6.45) is 1.60. The molecule has 3 rings (SSSR count). The van der Waals surface area contributed by atoms with Crippen LogP contribution in [0.25, 0.3) is 10.7 Å². The Morgan fingerprint density at radius 2 is 2.22 bits per heavy atom. The van der Waals surface area contributed by atoms with Crippen molar-refractivity contribution in [3.8, 4) is 10.7 Å². The molecule has 0 atom stereocenters. The molecule has 1 aliphatic rings. The van der Waals surface area contributed by atoms with Crippen LogP contribution in [0, 0.1) is 5.92 Å². The van der Waals surface area contributed by atoms with E-state index in [0.717, 1.165) is 26.2 Å². The lowest BCUT2D eigenvalue weighted by Gasteiger charge is -2.25. The van der Waals surface area contributed by atoms with Crippen molar-refractivity contribution in [2.75, 3.05) is 37.6 Å². The second kappa shape index (κ2) is 7.10. The van der Waals surface area contributed by atoms with E-state index in [4.69, 9.17) is 4.42 Å². The number of rotatable bonds is 5. The van der Waals surface area contributed by atoms with E-state index in [1.54, 1.807) is 11.6 Å². The highest BCUT2D eigenvalue weighted by molar-refractivity contribution is 7.13. The first-order chi connectivity index (χ1) is 11.1. The average Bonchev–Trinajstić information content (AvgIpc) is 3.22. The van der Waals surface area contributed by atoms with E-state index in [-0.39, 0.29) is 5.91 Å². The fourth-order valence-corrected chi connectivity index (χ4v) is 3.00. The number of hydrogen-bond acceptors (Lipinski definition) is 7. The molecule has 1 saturated heterocycles. The van der Waals surface area contributed by atoms with Gasteiger partial charge in [0.15, 0.2) is 0 Å². The number of carbonyl (C=O) groups is 1. The van der Waals surface area contributed by atoms with E-state index >= 15 is 0 Å². The van der Waals surface area contributed by atoms with Gasteiger partial charge in [-0.05, 0) is 5.92 Å². The molecule has 0 spiro atoms. The van der Waals surface area contributed by atoms with E-state index in [1.807, 2.05) is 0 Å². The molecule has 23 heavy (non-hydrogen) atoms. The maximum absolute atomic E-state index is 12.0. The van der Waals surface area contributed by atoms with Crippen molar-refractivity contribution in [2.45, 2.75) is 13.8 Å². The second-order valence-electron chi connectivity index (χ2n) is 5.89. The van der Waals surface area contributed by atoms with E-state index in [9.17, 15) is 4.79 Å². The van der Waals surface area contributed by atoms with Gasteiger partial charge in [0.05, 0.1) is 0 Å². The van der Waals surface area contributed by atoms with E-state index in [1.165, 1.54) is 11.3 Å². The molecule has 0 unspecified atom stereocenters. The van der Waals surface area contributed by atoms with Gasteiger partial charge in [0, 0.05) is 38.1 Å². The Hall–Kier alpha value is -1.93. The first-order valence-corrected chi connectivity index (χ1v) is 8.66. The fourth-order valence-electron chi connectivity index (χ4n) is 2.25. The van der Waals surface area contributed by atoms with Gasteiger partial charge in [0.1, 0.15) is 22.7 Å². The zero-order valence-corrected chi connectivity index (χ0v) is 14.2. The topological polar surface area (TPSA) is 83.3 Å². The lowest BCUT2D eigenvalue weighted by Crippen LogP contribution is -2.43. The van der Waals surface area contributed by atoms with Crippen LogP contribution in [-0.4, -0.2) is 48.6 Å². The standard InChI is InChI=1S/C15H21N5O2S/c1-10(2)7-17-13(21)12-9-23-14(18-12)11-8-22-15(19-11)20-5-3-16-4-6-20/h8-10,16H,3-7H2,1-2H3,(H,17,21). The SMILES string of the molecule is CC(C)CNC(=O)c1csc(-c2coc(N3CCNCC3)n2)n1. The highest BCUT2D eigenvalue weighted by Gasteiger charge is 2.18. The monoisotopic (exact) mass is 335 g/mol. The predicted molar refractivity (Wildman–Crippen MR) is 89.9 cm³/mol. The molecular formula is C15H21N5O2S. The minimum atomic E-state index is -0.146. The lowest BCUT2D eigenvalue weighted by molar-refractivity contribution is 0.0945. The van der Waals surface area contributed by atoms with Crippen LogP contribution in [-0.2, 0) is 0 Å². The Balaban J connectivity index is 1.68. The third kappa shape index (κ3) is 3.89. The first-order valence-electron chi connectivity index (χ1n) is 7.79. The zero-order chi connectivity index (χ0) is 16.2. The Morgan fingerprint density at radius 3 is 2.96 bits per heavy atom. The van der Waals surface area contributed by atoms with Gasteiger partial charge in [-0.15, -0.1) is 11.3 Å². The van der Waals surface area contributed by atoms with Crippen LogP contribution in [0.15, 0.2) is 16.1 Å². The van der Waals surface area contributed by atoms with Gasteiger partial charge in [0.25, 0.3) is 11.9 Å². The minimum absolute atomic E-state index is 0.146. The Morgan fingerprint density at radius 1 is 1.43 bits per heavy atom. The van der Waals surface area contributed by atoms with Crippen molar-refractivity contribution < 1.29 is 9.21 Å². The van der Waals surface area contributed by atoms with E-state index in [2.05, 4.69) is 39.3 Å². The number of nitrogens with zero attached hydrogens (tertiary/aromatic N) is 3. The molecule has 1 fully saturated rings. The number of aromatic nitrogens is 2. The summed E-state index contributed by atoms with van der Waals surface area (Å²) in [7, 11) is 0. The van der Waals surface area contributed by atoms with Crippen LogP contribution in [0.5, 0.6) is 0 Å². The maximum atomic E-state index is 12.0. The summed E-state index contributed by atoms with van der Waals surface area (Å²) in [5.41, 5.74) is 1.10. The molecule has 2 N–H and O–H groups in total. The van der Waals surface area contributed by atoms with Crippen LogP contribution < -0.4 is 15.5 Å². The number of carbonyl (C=O) groups excluding carboxylic acids is 1. The molecule has 0 aromatic carbocycles. The van der Waals surface area contributed by atoms with E-state index < -0.39 is 0 Å². The lowest BCUT2D eigenvalue weighted by atomic mass is 10.2. The molecule has 2 aromatic heterocycles. The normalized spacial score (nSPS) is 15.2. The van der Waals surface area contributed by atoms with Crippen molar-refractivity contribution in [3.63, 3.8) is 0 Å². The first kappa shape index (κ1) is 15.9. The molecule has 0 saturated carbocycles. The number of thiazole rings is 1. The molecule has 124 valence electrons. The van der Waals surface area contributed by atoms with Gasteiger partial charge >= 0.3 is 0 Å².